The molecule has 4 rings (SSSR count). The first-order valence-corrected chi connectivity index (χ1v) is 11.2. The lowest BCUT2D eigenvalue weighted by atomic mass is 10.0. The summed E-state index contributed by atoms with van der Waals surface area (Å²) in [5, 5.41) is 9.16. The van der Waals surface area contributed by atoms with Gasteiger partial charge in [0.25, 0.3) is 0 Å². The SMILES string of the molecule is Cc1ccc(-n2c(SCC(=O)N3CCCCC3C)nnc2-c2ccccc2F)cc1. The minimum absolute atomic E-state index is 0.109. The minimum Gasteiger partial charge on any atom is -0.339 e. The number of amides is 1. The van der Waals surface area contributed by atoms with E-state index in [2.05, 4.69) is 17.1 Å². The van der Waals surface area contributed by atoms with Crippen LogP contribution in [-0.4, -0.2) is 43.9 Å². The normalized spacial score (nSPS) is 16.6. The fourth-order valence-electron chi connectivity index (χ4n) is 3.78. The number of halogens is 1. The van der Waals surface area contributed by atoms with Crippen molar-refractivity contribution in [2.75, 3.05) is 12.3 Å². The van der Waals surface area contributed by atoms with Crippen LogP contribution in [0.15, 0.2) is 53.7 Å². The first kappa shape index (κ1) is 20.6. The number of thioether (sulfide) groups is 1. The molecule has 0 saturated carbocycles. The Kier molecular flexibility index (Phi) is 6.18. The molecule has 1 fully saturated rings. The minimum atomic E-state index is -0.354. The van der Waals surface area contributed by atoms with Gasteiger partial charge in [-0.15, -0.1) is 10.2 Å². The lowest BCUT2D eigenvalue weighted by molar-refractivity contribution is -0.131. The van der Waals surface area contributed by atoms with Gasteiger partial charge in [-0.1, -0.05) is 41.6 Å². The Morgan fingerprint density at radius 1 is 1.13 bits per heavy atom. The number of piperidine rings is 1. The van der Waals surface area contributed by atoms with E-state index in [-0.39, 0.29) is 23.5 Å². The number of carbonyl (C=O) groups is 1. The number of aromatic nitrogens is 3. The van der Waals surface area contributed by atoms with Crippen molar-refractivity contribution in [3.8, 4) is 17.1 Å². The van der Waals surface area contributed by atoms with E-state index in [0.29, 0.717) is 16.5 Å². The summed E-state index contributed by atoms with van der Waals surface area (Å²) in [5.74, 6) is 0.468. The first-order chi connectivity index (χ1) is 14.5. The van der Waals surface area contributed by atoms with Gasteiger partial charge in [0.05, 0.1) is 11.3 Å². The van der Waals surface area contributed by atoms with Gasteiger partial charge < -0.3 is 4.90 Å². The van der Waals surface area contributed by atoms with Crippen molar-refractivity contribution < 1.29 is 9.18 Å². The summed E-state index contributed by atoms with van der Waals surface area (Å²) in [7, 11) is 0. The van der Waals surface area contributed by atoms with Crippen molar-refractivity contribution in [3.05, 3.63) is 59.9 Å². The van der Waals surface area contributed by atoms with E-state index in [0.717, 1.165) is 30.6 Å². The van der Waals surface area contributed by atoms with Crippen LogP contribution >= 0.6 is 11.8 Å². The molecular weight excluding hydrogens is 399 g/mol. The highest BCUT2D eigenvalue weighted by Gasteiger charge is 2.25. The Morgan fingerprint density at radius 2 is 1.90 bits per heavy atom. The van der Waals surface area contributed by atoms with Crippen molar-refractivity contribution in [2.24, 2.45) is 0 Å². The van der Waals surface area contributed by atoms with Gasteiger partial charge in [-0.3, -0.25) is 9.36 Å². The van der Waals surface area contributed by atoms with Crippen LogP contribution < -0.4 is 0 Å². The van der Waals surface area contributed by atoms with E-state index >= 15 is 0 Å². The zero-order chi connectivity index (χ0) is 21.1. The second kappa shape index (κ2) is 9.00. The molecule has 2 heterocycles. The second-order valence-electron chi connectivity index (χ2n) is 7.68. The highest BCUT2D eigenvalue weighted by Crippen LogP contribution is 2.30. The van der Waals surface area contributed by atoms with E-state index in [9.17, 15) is 9.18 Å². The Balaban J connectivity index is 1.65. The van der Waals surface area contributed by atoms with Crippen molar-refractivity contribution in [1.29, 1.82) is 0 Å². The summed E-state index contributed by atoms with van der Waals surface area (Å²) in [5.41, 5.74) is 2.35. The molecule has 1 aliphatic rings. The number of benzene rings is 2. The summed E-state index contributed by atoms with van der Waals surface area (Å²) in [6, 6.07) is 14.7. The third-order valence-electron chi connectivity index (χ3n) is 5.49. The number of nitrogens with zero attached hydrogens (tertiary/aromatic N) is 4. The number of aryl methyl sites for hydroxylation is 1. The van der Waals surface area contributed by atoms with E-state index in [4.69, 9.17) is 0 Å². The van der Waals surface area contributed by atoms with Crippen LogP contribution in [0, 0.1) is 12.7 Å². The van der Waals surface area contributed by atoms with Gasteiger partial charge in [-0.2, -0.15) is 0 Å². The smallest absolute Gasteiger partial charge is 0.233 e. The third-order valence-corrected chi connectivity index (χ3v) is 6.40. The maximum Gasteiger partial charge on any atom is 0.233 e. The standard InChI is InChI=1S/C23H25FN4OS/c1-16-10-12-18(13-11-16)28-22(19-8-3-4-9-20(19)24)25-26-23(28)30-15-21(29)27-14-6-5-7-17(27)2/h3-4,8-13,17H,5-7,14-15H2,1-2H3. The Bertz CT molecular complexity index is 1030. The van der Waals surface area contributed by atoms with E-state index in [1.807, 2.05) is 40.7 Å². The summed E-state index contributed by atoms with van der Waals surface area (Å²) >= 11 is 1.35. The van der Waals surface area contributed by atoms with Crippen LogP contribution in [0.4, 0.5) is 4.39 Å². The molecular formula is C23H25FN4OS. The summed E-state index contributed by atoms with van der Waals surface area (Å²) in [4.78, 5) is 14.8. The molecule has 0 aliphatic carbocycles. The molecule has 1 aliphatic heterocycles. The van der Waals surface area contributed by atoms with E-state index in [1.165, 1.54) is 24.2 Å². The van der Waals surface area contributed by atoms with Crippen molar-refractivity contribution in [2.45, 2.75) is 44.3 Å². The summed E-state index contributed by atoms with van der Waals surface area (Å²) < 4.78 is 16.3. The molecule has 1 aromatic heterocycles. The molecule has 0 radical (unpaired) electrons. The Morgan fingerprint density at radius 3 is 2.63 bits per heavy atom. The molecule has 5 nitrogen and oxygen atoms in total. The van der Waals surface area contributed by atoms with Crippen LogP contribution in [0.5, 0.6) is 0 Å². The van der Waals surface area contributed by atoms with Crippen LogP contribution in [0.25, 0.3) is 17.1 Å². The highest BCUT2D eigenvalue weighted by molar-refractivity contribution is 7.99. The van der Waals surface area contributed by atoms with Crippen molar-refractivity contribution >= 4 is 17.7 Å². The fraction of sp³-hybridized carbons (Fsp3) is 0.348. The van der Waals surface area contributed by atoms with Gasteiger partial charge in [0, 0.05) is 18.3 Å². The van der Waals surface area contributed by atoms with Crippen LogP contribution in [0.1, 0.15) is 31.7 Å². The zero-order valence-electron chi connectivity index (χ0n) is 17.2. The molecule has 0 N–H and O–H groups in total. The topological polar surface area (TPSA) is 51.0 Å². The summed E-state index contributed by atoms with van der Waals surface area (Å²) in [6.45, 7) is 4.93. The fourth-order valence-corrected chi connectivity index (χ4v) is 4.62. The van der Waals surface area contributed by atoms with Gasteiger partial charge >= 0.3 is 0 Å². The predicted molar refractivity (Wildman–Crippen MR) is 117 cm³/mol. The van der Waals surface area contributed by atoms with E-state index < -0.39 is 0 Å². The summed E-state index contributed by atoms with van der Waals surface area (Å²) in [6.07, 6.45) is 3.27. The van der Waals surface area contributed by atoms with E-state index in [1.54, 1.807) is 18.2 Å². The molecule has 30 heavy (non-hydrogen) atoms. The molecule has 7 heteroatoms. The molecule has 156 valence electrons. The van der Waals surface area contributed by atoms with Gasteiger partial charge in [-0.25, -0.2) is 4.39 Å². The first-order valence-electron chi connectivity index (χ1n) is 10.2. The van der Waals surface area contributed by atoms with Crippen molar-refractivity contribution in [3.63, 3.8) is 0 Å². The Hall–Kier alpha value is -2.67. The zero-order valence-corrected chi connectivity index (χ0v) is 18.0. The third kappa shape index (κ3) is 4.26. The molecule has 1 saturated heterocycles. The van der Waals surface area contributed by atoms with Crippen LogP contribution in [0.3, 0.4) is 0 Å². The number of hydrogen-bond donors (Lipinski definition) is 0. The lowest BCUT2D eigenvalue weighted by Gasteiger charge is -2.33. The molecule has 3 aromatic rings. The highest BCUT2D eigenvalue weighted by atomic mass is 32.2. The maximum absolute atomic E-state index is 14.5. The van der Waals surface area contributed by atoms with Crippen molar-refractivity contribution in [1.82, 2.24) is 19.7 Å². The molecule has 1 atom stereocenters. The maximum atomic E-state index is 14.5. The van der Waals surface area contributed by atoms with Gasteiger partial charge in [0.1, 0.15) is 5.82 Å². The van der Waals surface area contributed by atoms with Crippen LogP contribution in [0.2, 0.25) is 0 Å². The van der Waals surface area contributed by atoms with Gasteiger partial charge in [0.15, 0.2) is 11.0 Å². The molecule has 1 unspecified atom stereocenters. The number of likely N-dealkylation sites (tertiary alicyclic amines) is 1. The second-order valence-corrected chi connectivity index (χ2v) is 8.62. The largest absolute Gasteiger partial charge is 0.339 e. The lowest BCUT2D eigenvalue weighted by Crippen LogP contribution is -2.42. The number of rotatable bonds is 5. The molecule has 0 bridgehead atoms. The molecule has 0 spiro atoms. The molecule has 2 aromatic carbocycles. The van der Waals surface area contributed by atoms with Gasteiger partial charge in [-0.05, 0) is 57.4 Å². The molecule has 1 amide bonds. The predicted octanol–water partition coefficient (Wildman–Crippen LogP) is 4.87. The average molecular weight is 425 g/mol. The quantitative estimate of drug-likeness (QED) is 0.548. The Labute approximate surface area is 180 Å². The van der Waals surface area contributed by atoms with Gasteiger partial charge in [0.2, 0.25) is 5.91 Å². The number of hydrogen-bond acceptors (Lipinski definition) is 4. The van der Waals surface area contributed by atoms with Crippen LogP contribution in [-0.2, 0) is 4.79 Å². The average Bonchev–Trinajstić information content (AvgIpc) is 3.17. The monoisotopic (exact) mass is 424 g/mol. The number of carbonyl (C=O) groups excluding carboxylic acids is 1.